The highest BCUT2D eigenvalue weighted by Gasteiger charge is 2.14. The third-order valence-electron chi connectivity index (χ3n) is 2.20. The lowest BCUT2D eigenvalue weighted by atomic mass is 9.95. The van der Waals surface area contributed by atoms with E-state index in [0.29, 0.717) is 0 Å². The monoisotopic (exact) mass is 177 g/mol. The van der Waals surface area contributed by atoms with Crippen LogP contribution in [0.2, 0.25) is 0 Å². The first-order chi connectivity index (χ1) is 6.29. The molecule has 0 fully saturated rings. The highest BCUT2D eigenvalue weighted by atomic mass is 16.5. The Hall–Kier alpha value is -1.12. The molecular weight excluding hydrogens is 162 g/mol. The Morgan fingerprint density at radius 1 is 1.38 bits per heavy atom. The summed E-state index contributed by atoms with van der Waals surface area (Å²) >= 11 is 0. The first-order valence-electron chi connectivity index (χ1n) is 4.36. The quantitative estimate of drug-likeness (QED) is 0.547. The van der Waals surface area contributed by atoms with E-state index in [1.54, 1.807) is 0 Å². The molecule has 2 heteroatoms. The Morgan fingerprint density at radius 3 is 2.46 bits per heavy atom. The lowest BCUT2D eigenvalue weighted by molar-refractivity contribution is 0.110. The summed E-state index contributed by atoms with van der Waals surface area (Å²) in [6.07, 6.45) is 1.82. The second-order valence-corrected chi connectivity index (χ2v) is 3.11. The molecule has 0 radical (unpaired) electrons. The van der Waals surface area contributed by atoms with Crippen LogP contribution in [0.15, 0.2) is 43.0 Å². The van der Waals surface area contributed by atoms with Gasteiger partial charge >= 0.3 is 0 Å². The summed E-state index contributed by atoms with van der Waals surface area (Å²) in [5.74, 6) is 0.201. The van der Waals surface area contributed by atoms with Crippen molar-refractivity contribution >= 4 is 0 Å². The van der Waals surface area contributed by atoms with E-state index in [1.807, 2.05) is 43.3 Å². The molecule has 13 heavy (non-hydrogen) atoms. The van der Waals surface area contributed by atoms with Gasteiger partial charge in [-0.2, -0.15) is 5.48 Å². The highest BCUT2D eigenvalue weighted by molar-refractivity contribution is 5.20. The van der Waals surface area contributed by atoms with E-state index in [-0.39, 0.29) is 12.0 Å². The molecule has 0 saturated carbocycles. The largest absolute Gasteiger partial charge is 0.316 e. The van der Waals surface area contributed by atoms with Crippen LogP contribution in [0.1, 0.15) is 18.5 Å². The van der Waals surface area contributed by atoms with Crippen LogP contribution in [0, 0.1) is 5.92 Å². The van der Waals surface area contributed by atoms with Crippen molar-refractivity contribution < 1.29 is 5.21 Å². The zero-order chi connectivity index (χ0) is 9.68. The number of nitrogens with one attached hydrogen (secondary N) is 1. The maximum Gasteiger partial charge on any atom is 0.0628 e. The van der Waals surface area contributed by atoms with E-state index in [4.69, 9.17) is 5.21 Å². The fourth-order valence-corrected chi connectivity index (χ4v) is 1.29. The van der Waals surface area contributed by atoms with Crippen molar-refractivity contribution in [2.45, 2.75) is 13.0 Å². The second kappa shape index (κ2) is 4.80. The highest BCUT2D eigenvalue weighted by Crippen LogP contribution is 2.21. The minimum atomic E-state index is -0.0706. The molecule has 0 saturated heterocycles. The van der Waals surface area contributed by atoms with E-state index < -0.39 is 0 Å². The molecule has 0 unspecified atom stereocenters. The smallest absolute Gasteiger partial charge is 0.0628 e. The third-order valence-corrected chi connectivity index (χ3v) is 2.20. The van der Waals surface area contributed by atoms with Crippen LogP contribution in [0.25, 0.3) is 0 Å². The molecule has 0 aliphatic rings. The first kappa shape index (κ1) is 9.96. The Morgan fingerprint density at radius 2 is 2.00 bits per heavy atom. The Balaban J connectivity index is 2.84. The van der Waals surface area contributed by atoms with Crippen molar-refractivity contribution in [2.24, 2.45) is 5.92 Å². The molecule has 0 aliphatic carbocycles. The molecule has 0 amide bonds. The summed E-state index contributed by atoms with van der Waals surface area (Å²) in [5.41, 5.74) is 3.36. The Bertz CT molecular complexity index is 258. The zero-order valence-corrected chi connectivity index (χ0v) is 7.77. The van der Waals surface area contributed by atoms with Gasteiger partial charge in [-0.05, 0) is 11.5 Å². The van der Waals surface area contributed by atoms with E-state index in [2.05, 4.69) is 12.1 Å². The van der Waals surface area contributed by atoms with Gasteiger partial charge in [0.1, 0.15) is 0 Å². The summed E-state index contributed by atoms with van der Waals surface area (Å²) in [6.45, 7) is 5.71. The van der Waals surface area contributed by atoms with Crippen LogP contribution < -0.4 is 5.48 Å². The van der Waals surface area contributed by atoms with Crippen molar-refractivity contribution in [1.82, 2.24) is 5.48 Å². The maximum absolute atomic E-state index is 8.98. The predicted molar refractivity (Wildman–Crippen MR) is 53.5 cm³/mol. The topological polar surface area (TPSA) is 32.3 Å². The second-order valence-electron chi connectivity index (χ2n) is 3.11. The van der Waals surface area contributed by atoms with Gasteiger partial charge in [0, 0.05) is 0 Å². The van der Waals surface area contributed by atoms with Gasteiger partial charge in [0.2, 0.25) is 0 Å². The summed E-state index contributed by atoms with van der Waals surface area (Å²) in [5, 5.41) is 8.98. The maximum atomic E-state index is 8.98. The number of rotatable bonds is 4. The van der Waals surface area contributed by atoms with Crippen LogP contribution in [-0.2, 0) is 0 Å². The van der Waals surface area contributed by atoms with Crippen LogP contribution in [0.4, 0.5) is 0 Å². The molecule has 1 rings (SSSR count). The van der Waals surface area contributed by atoms with Gasteiger partial charge in [-0.15, -0.1) is 6.58 Å². The first-order valence-corrected chi connectivity index (χ1v) is 4.36. The Kier molecular flexibility index (Phi) is 3.68. The zero-order valence-electron chi connectivity index (χ0n) is 7.77. The number of hydroxylamine groups is 1. The lowest BCUT2D eigenvalue weighted by Gasteiger charge is -2.19. The summed E-state index contributed by atoms with van der Waals surface area (Å²) < 4.78 is 0. The van der Waals surface area contributed by atoms with Crippen molar-refractivity contribution in [1.29, 1.82) is 0 Å². The van der Waals surface area contributed by atoms with Gasteiger partial charge in [-0.1, -0.05) is 43.3 Å². The summed E-state index contributed by atoms with van der Waals surface area (Å²) in [4.78, 5) is 0. The minimum Gasteiger partial charge on any atom is -0.316 e. The minimum absolute atomic E-state index is 0.0706. The van der Waals surface area contributed by atoms with Crippen LogP contribution in [0.5, 0.6) is 0 Å². The molecule has 2 nitrogen and oxygen atoms in total. The average molecular weight is 177 g/mol. The molecule has 1 aromatic rings. The normalized spacial score (nSPS) is 14.9. The molecule has 2 N–H and O–H groups in total. The Labute approximate surface area is 78.9 Å². The van der Waals surface area contributed by atoms with Crippen molar-refractivity contribution in [3.63, 3.8) is 0 Å². The number of benzene rings is 1. The van der Waals surface area contributed by atoms with E-state index in [0.717, 1.165) is 5.56 Å². The van der Waals surface area contributed by atoms with Crippen LogP contribution in [0.3, 0.4) is 0 Å². The number of hydrogen-bond acceptors (Lipinski definition) is 2. The average Bonchev–Trinajstić information content (AvgIpc) is 2.20. The van der Waals surface area contributed by atoms with E-state index in [1.165, 1.54) is 0 Å². The van der Waals surface area contributed by atoms with Gasteiger partial charge in [-0.25, -0.2) is 0 Å². The fourth-order valence-electron chi connectivity index (χ4n) is 1.29. The van der Waals surface area contributed by atoms with Crippen molar-refractivity contribution in [2.75, 3.05) is 0 Å². The molecule has 1 aromatic carbocycles. The molecule has 2 atom stereocenters. The van der Waals surface area contributed by atoms with Gasteiger partial charge in [0.25, 0.3) is 0 Å². The SMILES string of the molecule is C=C[C@H](C)[C@@H](NO)c1ccccc1. The standard InChI is InChI=1S/C11H15NO/c1-3-9(2)11(12-13)10-7-5-4-6-8-10/h3-9,11-13H,1H2,2H3/t9-,11+/m0/s1. The van der Waals surface area contributed by atoms with Crippen LogP contribution in [-0.4, -0.2) is 5.21 Å². The van der Waals surface area contributed by atoms with Gasteiger partial charge in [0.05, 0.1) is 6.04 Å². The molecule has 0 aromatic heterocycles. The number of hydrogen-bond donors (Lipinski definition) is 2. The fraction of sp³-hybridized carbons (Fsp3) is 0.273. The lowest BCUT2D eigenvalue weighted by Crippen LogP contribution is -2.22. The van der Waals surface area contributed by atoms with Gasteiger partial charge in [0.15, 0.2) is 0 Å². The van der Waals surface area contributed by atoms with E-state index >= 15 is 0 Å². The van der Waals surface area contributed by atoms with Crippen molar-refractivity contribution in [3.8, 4) is 0 Å². The van der Waals surface area contributed by atoms with E-state index in [9.17, 15) is 0 Å². The third kappa shape index (κ3) is 2.41. The summed E-state index contributed by atoms with van der Waals surface area (Å²) in [7, 11) is 0. The van der Waals surface area contributed by atoms with Crippen molar-refractivity contribution in [3.05, 3.63) is 48.6 Å². The molecule has 0 spiro atoms. The summed E-state index contributed by atoms with van der Waals surface area (Å²) in [6, 6.07) is 9.75. The van der Waals surface area contributed by atoms with Gasteiger partial charge < -0.3 is 5.21 Å². The van der Waals surface area contributed by atoms with Gasteiger partial charge in [-0.3, -0.25) is 0 Å². The molecule has 0 aliphatic heterocycles. The molecular formula is C11H15NO. The molecule has 0 heterocycles. The molecule has 70 valence electrons. The molecule has 0 bridgehead atoms. The predicted octanol–water partition coefficient (Wildman–Crippen LogP) is 2.53. The van der Waals surface area contributed by atoms with Crippen LogP contribution >= 0.6 is 0 Å².